The van der Waals surface area contributed by atoms with E-state index in [2.05, 4.69) is 0 Å². The second kappa shape index (κ2) is 9.09. The number of ether oxygens (including phenoxy) is 5. The second-order valence-electron chi connectivity index (χ2n) is 6.91. The molecule has 164 valence electrons. The lowest BCUT2D eigenvalue weighted by molar-refractivity contribution is -0.334. The molecule has 3 aliphatic heterocycles. The molecule has 0 aliphatic carbocycles. The number of rotatable bonds is 6. The minimum Gasteiger partial charge on any atom is -0.394 e. The van der Waals surface area contributed by atoms with E-state index in [1.807, 2.05) is 0 Å². The fraction of sp³-hybridized carbons (Fsp3) is 1.00. The number of hydrogen-bond acceptors (Lipinski definition) is 13. The molecular weight excluding hydrogens is 388 g/mol. The molecule has 8 N–H and O–H groups in total. The molecule has 0 radical (unpaired) electrons. The van der Waals surface area contributed by atoms with Gasteiger partial charge in [-0.05, 0) is 0 Å². The lowest BCUT2D eigenvalue weighted by atomic mass is 10.0. The molecule has 0 amide bonds. The van der Waals surface area contributed by atoms with Crippen LogP contribution in [0.4, 0.5) is 0 Å². The predicted octanol–water partition coefficient (Wildman–Crippen LogP) is -5.66. The van der Waals surface area contributed by atoms with Gasteiger partial charge in [-0.2, -0.15) is 0 Å². The molecule has 3 aliphatic rings. The first kappa shape index (κ1) is 22.2. The van der Waals surface area contributed by atoms with E-state index in [0.717, 1.165) is 0 Å². The van der Waals surface area contributed by atoms with Gasteiger partial charge in [-0.3, -0.25) is 0 Å². The van der Waals surface area contributed by atoms with E-state index in [9.17, 15) is 30.6 Å². The van der Waals surface area contributed by atoms with Crippen LogP contribution in [0.5, 0.6) is 0 Å². The summed E-state index contributed by atoms with van der Waals surface area (Å²) in [5.41, 5.74) is 0. The Hall–Kier alpha value is -0.520. The van der Waals surface area contributed by atoms with Crippen molar-refractivity contribution >= 4 is 0 Å². The van der Waals surface area contributed by atoms with Crippen LogP contribution in [0.3, 0.4) is 0 Å². The molecule has 0 aromatic carbocycles. The Morgan fingerprint density at radius 1 is 0.679 bits per heavy atom. The summed E-state index contributed by atoms with van der Waals surface area (Å²) in [6.07, 6.45) is -16.9. The zero-order valence-corrected chi connectivity index (χ0v) is 14.7. The smallest absolute Gasteiger partial charge is 0.187 e. The molecule has 0 saturated carbocycles. The zero-order valence-electron chi connectivity index (χ0n) is 14.7. The van der Waals surface area contributed by atoms with Gasteiger partial charge in [0, 0.05) is 0 Å². The summed E-state index contributed by atoms with van der Waals surface area (Å²) >= 11 is 0. The molecule has 13 heteroatoms. The van der Waals surface area contributed by atoms with Crippen LogP contribution >= 0.6 is 0 Å². The Morgan fingerprint density at radius 2 is 1.14 bits per heavy atom. The van der Waals surface area contributed by atoms with Crippen LogP contribution < -0.4 is 0 Å². The van der Waals surface area contributed by atoms with Crippen molar-refractivity contribution in [1.29, 1.82) is 0 Å². The van der Waals surface area contributed by atoms with Crippen molar-refractivity contribution in [2.45, 2.75) is 73.8 Å². The highest BCUT2D eigenvalue weighted by molar-refractivity contribution is 4.93. The van der Waals surface area contributed by atoms with Crippen molar-refractivity contribution < 1.29 is 64.5 Å². The molecule has 0 unspecified atom stereocenters. The van der Waals surface area contributed by atoms with Gasteiger partial charge in [-0.1, -0.05) is 0 Å². The van der Waals surface area contributed by atoms with Gasteiger partial charge < -0.3 is 64.5 Å². The summed E-state index contributed by atoms with van der Waals surface area (Å²) in [4.78, 5) is 0. The number of aliphatic hydroxyl groups excluding tert-OH is 8. The lowest BCUT2D eigenvalue weighted by Gasteiger charge is -2.40. The van der Waals surface area contributed by atoms with Crippen molar-refractivity contribution in [2.75, 3.05) is 19.8 Å². The van der Waals surface area contributed by atoms with Crippen molar-refractivity contribution in [1.82, 2.24) is 0 Å². The fourth-order valence-corrected chi connectivity index (χ4v) is 3.35. The van der Waals surface area contributed by atoms with Gasteiger partial charge in [0.05, 0.1) is 19.8 Å². The quantitative estimate of drug-likeness (QED) is 0.204. The highest BCUT2D eigenvalue weighted by Gasteiger charge is 2.51. The molecule has 3 rings (SSSR count). The Balaban J connectivity index is 1.71. The molecule has 0 aromatic heterocycles. The van der Waals surface area contributed by atoms with Gasteiger partial charge in [0.2, 0.25) is 0 Å². The zero-order chi connectivity index (χ0) is 20.6. The monoisotopic (exact) mass is 414 g/mol. The number of hydrogen-bond donors (Lipinski definition) is 8. The second-order valence-corrected chi connectivity index (χ2v) is 6.91. The molecule has 13 nitrogen and oxygen atoms in total. The van der Waals surface area contributed by atoms with Crippen molar-refractivity contribution in [3.05, 3.63) is 0 Å². The molecule has 0 spiro atoms. The highest BCUT2D eigenvalue weighted by atomic mass is 16.8. The summed E-state index contributed by atoms with van der Waals surface area (Å²) in [5, 5.41) is 78.2. The summed E-state index contributed by atoms with van der Waals surface area (Å²) < 4.78 is 26.3. The summed E-state index contributed by atoms with van der Waals surface area (Å²) in [6, 6.07) is 0. The first-order valence-electron chi connectivity index (χ1n) is 8.82. The summed E-state index contributed by atoms with van der Waals surface area (Å²) in [6.45, 7) is -1.52. The molecule has 0 aromatic rings. The van der Waals surface area contributed by atoms with E-state index < -0.39 is 87.0 Å². The van der Waals surface area contributed by atoms with E-state index in [1.54, 1.807) is 0 Å². The predicted molar refractivity (Wildman–Crippen MR) is 83.2 cm³/mol. The molecule has 28 heavy (non-hydrogen) atoms. The van der Waals surface area contributed by atoms with E-state index >= 15 is 0 Å². The lowest BCUT2D eigenvalue weighted by Crippen LogP contribution is -2.58. The topological polar surface area (TPSA) is 208 Å². The van der Waals surface area contributed by atoms with Crippen LogP contribution in [0.2, 0.25) is 0 Å². The maximum absolute atomic E-state index is 10.2. The number of aliphatic hydroxyl groups is 8. The first-order chi connectivity index (χ1) is 13.3. The molecular formula is C15H26O13. The average Bonchev–Trinajstić information content (AvgIpc) is 3.11. The molecule has 3 fully saturated rings. The Labute approximate surface area is 159 Å². The Bertz CT molecular complexity index is 464. The highest BCUT2D eigenvalue weighted by Crippen LogP contribution is 2.31. The van der Waals surface area contributed by atoms with E-state index in [4.69, 9.17) is 33.9 Å². The summed E-state index contributed by atoms with van der Waals surface area (Å²) in [5.74, 6) is 0. The third-order valence-corrected chi connectivity index (χ3v) is 5.00. The van der Waals surface area contributed by atoms with E-state index in [1.165, 1.54) is 0 Å². The minimum absolute atomic E-state index is 0.351. The van der Waals surface area contributed by atoms with Crippen molar-refractivity contribution in [3.63, 3.8) is 0 Å². The van der Waals surface area contributed by atoms with Gasteiger partial charge in [-0.25, -0.2) is 0 Å². The maximum atomic E-state index is 10.2. The molecule has 3 heterocycles. The summed E-state index contributed by atoms with van der Waals surface area (Å²) in [7, 11) is 0. The molecule has 3 saturated heterocycles. The minimum atomic E-state index is -1.63. The first-order valence-corrected chi connectivity index (χ1v) is 8.82. The van der Waals surface area contributed by atoms with Crippen molar-refractivity contribution in [3.8, 4) is 0 Å². The molecule has 0 bridgehead atoms. The third-order valence-electron chi connectivity index (χ3n) is 5.00. The van der Waals surface area contributed by atoms with Crippen LogP contribution in [0.1, 0.15) is 0 Å². The van der Waals surface area contributed by atoms with Crippen LogP contribution in [0.25, 0.3) is 0 Å². The Morgan fingerprint density at radius 3 is 1.57 bits per heavy atom. The standard InChI is InChI=1S/C15H26O13/c16-1-5-7(19)9(21)14(25-5)27-11-4(18)3-24-13(23)12(11)28-15-10(22)8(20)6(2-17)26-15/h4-23H,1-3H2/t4-,5+,6+,7+,8+,9-,10-,11+,12-,13-,14+,15+/m1/s1. The molecule has 12 atom stereocenters. The van der Waals surface area contributed by atoms with Crippen molar-refractivity contribution in [2.24, 2.45) is 0 Å². The van der Waals surface area contributed by atoms with Gasteiger partial charge in [-0.15, -0.1) is 0 Å². The maximum Gasteiger partial charge on any atom is 0.187 e. The van der Waals surface area contributed by atoms with Gasteiger partial charge in [0.25, 0.3) is 0 Å². The van der Waals surface area contributed by atoms with Gasteiger partial charge >= 0.3 is 0 Å². The normalized spacial score (nSPS) is 52.3. The van der Waals surface area contributed by atoms with Crippen LogP contribution in [-0.2, 0) is 23.7 Å². The Kier molecular flexibility index (Phi) is 7.20. The fourth-order valence-electron chi connectivity index (χ4n) is 3.35. The third kappa shape index (κ3) is 4.17. The van der Waals surface area contributed by atoms with Crippen LogP contribution in [0, 0.1) is 0 Å². The van der Waals surface area contributed by atoms with E-state index in [0.29, 0.717) is 0 Å². The van der Waals surface area contributed by atoms with E-state index in [-0.39, 0.29) is 6.61 Å². The van der Waals surface area contributed by atoms with Gasteiger partial charge in [0.15, 0.2) is 18.9 Å². The van der Waals surface area contributed by atoms with Gasteiger partial charge in [0.1, 0.15) is 54.9 Å². The largest absolute Gasteiger partial charge is 0.394 e. The SMILES string of the molecule is OC[C@@H]1O[C@@H](O[C@@H]2[C@@H](O[C@@H]3O[C@@H](CO)[C@H](O)[C@H]3O)[C@H](O)OC[C@H]2O)[C@H](O)[C@H]1O. The average molecular weight is 414 g/mol. The van der Waals surface area contributed by atoms with Crippen LogP contribution in [-0.4, -0.2) is 134 Å². The van der Waals surface area contributed by atoms with Crippen LogP contribution in [0.15, 0.2) is 0 Å².